The minimum absolute atomic E-state index is 0.453. The van der Waals surface area contributed by atoms with Crippen LogP contribution in [-0.4, -0.2) is 4.57 Å². The first-order chi connectivity index (χ1) is 8.10. The predicted molar refractivity (Wildman–Crippen MR) is 71.4 cm³/mol. The highest BCUT2D eigenvalue weighted by Gasteiger charge is 2.15. The summed E-state index contributed by atoms with van der Waals surface area (Å²) in [6, 6.07) is 8.45. The third-order valence-electron chi connectivity index (χ3n) is 3.12. The molecule has 0 N–H and O–H groups in total. The van der Waals surface area contributed by atoms with Crippen molar-refractivity contribution in [1.29, 1.82) is 5.26 Å². The van der Waals surface area contributed by atoms with Crippen LogP contribution in [-0.2, 0) is 6.54 Å². The van der Waals surface area contributed by atoms with Crippen molar-refractivity contribution in [3.05, 3.63) is 34.5 Å². The maximum Gasteiger partial charge on any atom is 0.128 e. The highest BCUT2D eigenvalue weighted by molar-refractivity contribution is 6.32. The lowest BCUT2D eigenvalue weighted by Crippen LogP contribution is -1.93. The number of hydrogen-bond donors (Lipinski definition) is 0. The maximum atomic E-state index is 9.21. The zero-order chi connectivity index (χ0) is 12.6. The number of aromatic nitrogens is 1. The van der Waals surface area contributed by atoms with Gasteiger partial charge in [-0.05, 0) is 30.5 Å². The maximum absolute atomic E-state index is 9.21. The summed E-state index contributed by atoms with van der Waals surface area (Å²) in [6.07, 6.45) is 0. The van der Waals surface area contributed by atoms with Crippen molar-refractivity contribution in [1.82, 2.24) is 4.57 Å². The highest BCUT2D eigenvalue weighted by atomic mass is 35.5. The van der Waals surface area contributed by atoms with E-state index in [0.29, 0.717) is 16.6 Å². The fourth-order valence-corrected chi connectivity index (χ4v) is 2.47. The second kappa shape index (κ2) is 4.43. The summed E-state index contributed by atoms with van der Waals surface area (Å²) in [5.74, 6) is 0.453. The van der Waals surface area contributed by atoms with Gasteiger partial charge in [0.2, 0.25) is 0 Å². The summed E-state index contributed by atoms with van der Waals surface area (Å²) < 4.78 is 1.97. The van der Waals surface area contributed by atoms with Crippen LogP contribution in [0.5, 0.6) is 0 Å². The average Bonchev–Trinajstić information content (AvgIpc) is 2.58. The largest absolute Gasteiger partial charge is 0.331 e. The molecule has 0 aliphatic carbocycles. The Bertz CT molecular complexity index is 603. The normalized spacial score (nSPS) is 11.1. The molecule has 1 aromatic carbocycles. The van der Waals surface area contributed by atoms with Crippen LogP contribution in [0.3, 0.4) is 0 Å². The molecule has 0 bridgehead atoms. The number of halogens is 1. The first kappa shape index (κ1) is 12.0. The molecule has 0 fully saturated rings. The summed E-state index contributed by atoms with van der Waals surface area (Å²) in [5.41, 5.74) is 2.86. The molecular weight excluding hydrogens is 232 g/mol. The Morgan fingerprint density at radius 2 is 2.12 bits per heavy atom. The Hall–Kier alpha value is -1.46. The standard InChI is InChI=1S/C14H15ClN2/c1-4-17-13-6-5-10(9(2)3)7-11(13)12(8-16)14(17)15/h5-7,9H,4H2,1-3H3. The van der Waals surface area contributed by atoms with E-state index in [1.165, 1.54) is 5.56 Å². The van der Waals surface area contributed by atoms with Crippen molar-refractivity contribution < 1.29 is 0 Å². The van der Waals surface area contributed by atoms with E-state index >= 15 is 0 Å². The van der Waals surface area contributed by atoms with Crippen molar-refractivity contribution in [3.8, 4) is 6.07 Å². The highest BCUT2D eigenvalue weighted by Crippen LogP contribution is 2.31. The molecule has 0 unspecified atom stereocenters. The molecular formula is C14H15ClN2. The number of benzene rings is 1. The molecule has 0 atom stereocenters. The number of rotatable bonds is 2. The van der Waals surface area contributed by atoms with Gasteiger partial charge in [0.05, 0.1) is 11.1 Å². The van der Waals surface area contributed by atoms with Gasteiger partial charge < -0.3 is 4.57 Å². The van der Waals surface area contributed by atoms with E-state index in [1.807, 2.05) is 11.5 Å². The smallest absolute Gasteiger partial charge is 0.128 e. The number of nitriles is 1. The molecule has 2 aromatic rings. The molecule has 1 aromatic heterocycles. The Morgan fingerprint density at radius 1 is 1.41 bits per heavy atom. The predicted octanol–water partition coefficient (Wildman–Crippen LogP) is 4.31. The van der Waals surface area contributed by atoms with Gasteiger partial charge in [-0.1, -0.05) is 31.5 Å². The number of hydrogen-bond acceptors (Lipinski definition) is 1. The Balaban J connectivity index is 2.82. The van der Waals surface area contributed by atoms with Crippen LogP contribution < -0.4 is 0 Å². The fraction of sp³-hybridized carbons (Fsp3) is 0.357. The average molecular weight is 247 g/mol. The second-order valence-corrected chi connectivity index (χ2v) is 4.81. The Labute approximate surface area is 106 Å². The van der Waals surface area contributed by atoms with Crippen molar-refractivity contribution in [2.45, 2.75) is 33.2 Å². The zero-order valence-electron chi connectivity index (χ0n) is 10.3. The lowest BCUT2D eigenvalue weighted by Gasteiger charge is -2.06. The molecule has 0 aliphatic heterocycles. The van der Waals surface area contributed by atoms with Gasteiger partial charge in [0.1, 0.15) is 11.2 Å². The lowest BCUT2D eigenvalue weighted by molar-refractivity contribution is 0.797. The Morgan fingerprint density at radius 3 is 2.65 bits per heavy atom. The van der Waals surface area contributed by atoms with Crippen LogP contribution >= 0.6 is 11.6 Å². The van der Waals surface area contributed by atoms with Gasteiger partial charge in [-0.2, -0.15) is 5.26 Å². The summed E-state index contributed by atoms with van der Waals surface area (Å²) in [5, 5.41) is 10.7. The Kier molecular flexibility index (Phi) is 3.13. The van der Waals surface area contributed by atoms with Crippen molar-refractivity contribution in [3.63, 3.8) is 0 Å². The minimum atomic E-state index is 0.453. The molecule has 0 saturated carbocycles. The molecule has 2 rings (SSSR count). The third kappa shape index (κ3) is 1.81. The first-order valence-electron chi connectivity index (χ1n) is 5.81. The van der Waals surface area contributed by atoms with E-state index in [1.54, 1.807) is 0 Å². The van der Waals surface area contributed by atoms with Gasteiger partial charge in [0.25, 0.3) is 0 Å². The fourth-order valence-electron chi connectivity index (χ4n) is 2.12. The van der Waals surface area contributed by atoms with Crippen LogP contribution in [0.25, 0.3) is 10.9 Å². The quantitative estimate of drug-likeness (QED) is 0.776. The molecule has 3 heteroatoms. The number of fused-ring (bicyclic) bond motifs is 1. The summed E-state index contributed by atoms with van der Waals surface area (Å²) in [6.45, 7) is 7.10. The van der Waals surface area contributed by atoms with Crippen LogP contribution in [0.1, 0.15) is 37.8 Å². The minimum Gasteiger partial charge on any atom is -0.331 e. The summed E-state index contributed by atoms with van der Waals surface area (Å²) in [4.78, 5) is 0. The van der Waals surface area contributed by atoms with E-state index < -0.39 is 0 Å². The van der Waals surface area contributed by atoms with Gasteiger partial charge in [0, 0.05) is 11.9 Å². The van der Waals surface area contributed by atoms with Gasteiger partial charge in [0.15, 0.2) is 0 Å². The van der Waals surface area contributed by atoms with E-state index in [0.717, 1.165) is 17.4 Å². The van der Waals surface area contributed by atoms with Crippen molar-refractivity contribution in [2.75, 3.05) is 0 Å². The van der Waals surface area contributed by atoms with Crippen LogP contribution in [0.2, 0.25) is 5.15 Å². The molecule has 0 aliphatic rings. The lowest BCUT2D eigenvalue weighted by atomic mass is 10.0. The van der Waals surface area contributed by atoms with Crippen LogP contribution in [0.4, 0.5) is 0 Å². The summed E-state index contributed by atoms with van der Waals surface area (Å²) in [7, 11) is 0. The molecule has 0 saturated heterocycles. The first-order valence-corrected chi connectivity index (χ1v) is 6.19. The molecule has 1 heterocycles. The number of aryl methyl sites for hydroxylation is 1. The zero-order valence-corrected chi connectivity index (χ0v) is 11.0. The van der Waals surface area contributed by atoms with E-state index in [4.69, 9.17) is 11.6 Å². The van der Waals surface area contributed by atoms with Gasteiger partial charge >= 0.3 is 0 Å². The van der Waals surface area contributed by atoms with Gasteiger partial charge in [-0.3, -0.25) is 0 Å². The number of nitrogens with zero attached hydrogens (tertiary/aromatic N) is 2. The molecule has 0 amide bonds. The van der Waals surface area contributed by atoms with Gasteiger partial charge in [-0.15, -0.1) is 0 Å². The molecule has 2 nitrogen and oxygen atoms in total. The van der Waals surface area contributed by atoms with Crippen molar-refractivity contribution in [2.24, 2.45) is 0 Å². The monoisotopic (exact) mass is 246 g/mol. The summed E-state index contributed by atoms with van der Waals surface area (Å²) >= 11 is 6.22. The van der Waals surface area contributed by atoms with Crippen LogP contribution in [0.15, 0.2) is 18.2 Å². The van der Waals surface area contributed by atoms with Gasteiger partial charge in [-0.25, -0.2) is 0 Å². The molecule has 88 valence electrons. The van der Waals surface area contributed by atoms with E-state index in [-0.39, 0.29) is 0 Å². The topological polar surface area (TPSA) is 28.7 Å². The molecule has 0 radical (unpaired) electrons. The third-order valence-corrected chi connectivity index (χ3v) is 3.51. The molecule has 0 spiro atoms. The SMILES string of the molecule is CCn1c(Cl)c(C#N)c2cc(C(C)C)ccc21. The second-order valence-electron chi connectivity index (χ2n) is 4.45. The van der Waals surface area contributed by atoms with Crippen LogP contribution in [0, 0.1) is 11.3 Å². The van der Waals surface area contributed by atoms with E-state index in [2.05, 4.69) is 38.1 Å². The molecule has 17 heavy (non-hydrogen) atoms. The van der Waals surface area contributed by atoms with E-state index in [9.17, 15) is 5.26 Å². The van der Waals surface area contributed by atoms with Crippen molar-refractivity contribution >= 4 is 22.5 Å².